The molecule has 6 heteroatoms. The molecule has 0 bridgehead atoms. The van der Waals surface area contributed by atoms with Crippen molar-refractivity contribution in [3.05, 3.63) is 42.6 Å². The van der Waals surface area contributed by atoms with Crippen molar-refractivity contribution in [2.45, 2.75) is 13.0 Å². The molecule has 1 aliphatic heterocycles. The van der Waals surface area contributed by atoms with E-state index in [4.69, 9.17) is 5.11 Å². The van der Waals surface area contributed by atoms with Gasteiger partial charge in [-0.1, -0.05) is 30.3 Å². The Balaban J connectivity index is 1.83. The van der Waals surface area contributed by atoms with Crippen LogP contribution in [0.4, 0.5) is 10.7 Å². The molecule has 1 amide bonds. The summed E-state index contributed by atoms with van der Waals surface area (Å²) in [6, 6.07) is 11.9. The van der Waals surface area contributed by atoms with Gasteiger partial charge in [0.1, 0.15) is 0 Å². The first-order valence-corrected chi connectivity index (χ1v) is 7.28. The lowest BCUT2D eigenvalue weighted by atomic mass is 10.1. The molecule has 0 aliphatic carbocycles. The fraction of sp³-hybridized carbons (Fsp3) is 0.312. The summed E-state index contributed by atoms with van der Waals surface area (Å²) in [7, 11) is 0. The molecule has 1 fully saturated rings. The summed E-state index contributed by atoms with van der Waals surface area (Å²) < 4.78 is 0. The maximum atomic E-state index is 11.1. The molecule has 1 aromatic carbocycles. The molecule has 1 N–H and O–H groups in total. The van der Waals surface area contributed by atoms with Crippen LogP contribution in [0.5, 0.6) is 0 Å². The van der Waals surface area contributed by atoms with Crippen LogP contribution in [-0.4, -0.2) is 51.7 Å². The highest BCUT2D eigenvalue weighted by molar-refractivity contribution is 5.65. The Morgan fingerprint density at radius 1 is 1.23 bits per heavy atom. The third-order valence-electron chi connectivity index (χ3n) is 3.87. The second kappa shape index (κ2) is 6.01. The number of amides is 1. The lowest BCUT2D eigenvalue weighted by Gasteiger charge is -2.38. The Kier molecular flexibility index (Phi) is 3.91. The van der Waals surface area contributed by atoms with Gasteiger partial charge in [-0.3, -0.25) is 0 Å². The third kappa shape index (κ3) is 2.86. The molecular weight excluding hydrogens is 280 g/mol. The molecule has 22 heavy (non-hydrogen) atoms. The van der Waals surface area contributed by atoms with Gasteiger partial charge in [0.15, 0.2) is 0 Å². The Labute approximate surface area is 129 Å². The Morgan fingerprint density at radius 3 is 2.68 bits per heavy atom. The van der Waals surface area contributed by atoms with E-state index in [-0.39, 0.29) is 6.04 Å². The highest BCUT2D eigenvalue weighted by Crippen LogP contribution is 2.21. The van der Waals surface area contributed by atoms with E-state index in [1.54, 1.807) is 6.20 Å². The molecule has 1 aliphatic rings. The molecule has 6 nitrogen and oxygen atoms in total. The molecule has 1 aromatic heterocycles. The minimum atomic E-state index is -0.870. The number of piperazine rings is 1. The summed E-state index contributed by atoms with van der Waals surface area (Å²) in [5.41, 5.74) is 1.92. The van der Waals surface area contributed by atoms with Gasteiger partial charge in [0, 0.05) is 37.4 Å². The van der Waals surface area contributed by atoms with Gasteiger partial charge in [-0.05, 0) is 13.0 Å². The van der Waals surface area contributed by atoms with Gasteiger partial charge in [0.2, 0.25) is 5.95 Å². The van der Waals surface area contributed by atoms with Crippen LogP contribution >= 0.6 is 0 Å². The van der Waals surface area contributed by atoms with Gasteiger partial charge in [-0.2, -0.15) is 0 Å². The number of anilines is 1. The van der Waals surface area contributed by atoms with Gasteiger partial charge in [-0.25, -0.2) is 14.8 Å². The molecule has 1 atom stereocenters. The minimum absolute atomic E-state index is 0.0517. The average Bonchev–Trinajstić information content (AvgIpc) is 2.55. The molecule has 3 rings (SSSR count). The predicted molar refractivity (Wildman–Crippen MR) is 83.9 cm³/mol. The SMILES string of the molecule is CC1CN(C(=O)O)CCN1c1nccc(-c2ccccc2)n1. The second-order valence-electron chi connectivity index (χ2n) is 5.38. The fourth-order valence-corrected chi connectivity index (χ4v) is 2.68. The number of carboxylic acid groups (broad SMARTS) is 1. The van der Waals surface area contributed by atoms with Crippen molar-refractivity contribution in [3.8, 4) is 11.3 Å². The summed E-state index contributed by atoms with van der Waals surface area (Å²) in [4.78, 5) is 23.5. The summed E-state index contributed by atoms with van der Waals surface area (Å²) in [5.74, 6) is 0.652. The molecular formula is C16H18N4O2. The highest BCUT2D eigenvalue weighted by atomic mass is 16.4. The van der Waals surface area contributed by atoms with E-state index in [9.17, 15) is 4.79 Å². The number of hydrogen-bond donors (Lipinski definition) is 1. The number of carbonyl (C=O) groups is 1. The van der Waals surface area contributed by atoms with Crippen molar-refractivity contribution in [2.24, 2.45) is 0 Å². The fourth-order valence-electron chi connectivity index (χ4n) is 2.68. The first kappa shape index (κ1) is 14.3. The zero-order valence-corrected chi connectivity index (χ0v) is 12.4. The van der Waals surface area contributed by atoms with Crippen molar-refractivity contribution in [3.63, 3.8) is 0 Å². The topological polar surface area (TPSA) is 69.6 Å². The first-order chi connectivity index (χ1) is 10.6. The van der Waals surface area contributed by atoms with Gasteiger partial charge in [0.25, 0.3) is 0 Å². The minimum Gasteiger partial charge on any atom is -0.465 e. The van der Waals surface area contributed by atoms with Crippen LogP contribution < -0.4 is 4.90 Å². The third-order valence-corrected chi connectivity index (χ3v) is 3.87. The van der Waals surface area contributed by atoms with E-state index >= 15 is 0 Å². The number of aromatic nitrogens is 2. The quantitative estimate of drug-likeness (QED) is 0.921. The smallest absolute Gasteiger partial charge is 0.407 e. The summed E-state index contributed by atoms with van der Waals surface area (Å²) in [6.07, 6.45) is 0.881. The van der Waals surface area contributed by atoms with Gasteiger partial charge in [0.05, 0.1) is 5.69 Å². The highest BCUT2D eigenvalue weighted by Gasteiger charge is 2.28. The van der Waals surface area contributed by atoms with Gasteiger partial charge < -0.3 is 14.9 Å². The molecule has 0 radical (unpaired) electrons. The molecule has 1 unspecified atom stereocenters. The molecule has 2 aromatic rings. The maximum absolute atomic E-state index is 11.1. The maximum Gasteiger partial charge on any atom is 0.407 e. The molecule has 1 saturated heterocycles. The van der Waals surface area contributed by atoms with Crippen LogP contribution in [0.3, 0.4) is 0 Å². The number of nitrogens with zero attached hydrogens (tertiary/aromatic N) is 4. The molecule has 0 spiro atoms. The van der Waals surface area contributed by atoms with Crippen molar-refractivity contribution in [1.82, 2.24) is 14.9 Å². The molecule has 2 heterocycles. The molecule has 114 valence electrons. The van der Waals surface area contributed by atoms with E-state index in [0.29, 0.717) is 25.6 Å². The summed E-state index contributed by atoms with van der Waals surface area (Å²) >= 11 is 0. The Hall–Kier alpha value is -2.63. The zero-order chi connectivity index (χ0) is 15.5. The van der Waals surface area contributed by atoms with Gasteiger partial charge >= 0.3 is 6.09 Å². The largest absolute Gasteiger partial charge is 0.465 e. The second-order valence-corrected chi connectivity index (χ2v) is 5.38. The Morgan fingerprint density at radius 2 is 2.00 bits per heavy atom. The van der Waals surface area contributed by atoms with E-state index in [2.05, 4.69) is 14.9 Å². The first-order valence-electron chi connectivity index (χ1n) is 7.28. The van der Waals surface area contributed by atoms with Crippen LogP contribution in [0.15, 0.2) is 42.6 Å². The standard InChI is InChI=1S/C16H18N4O2/c1-12-11-19(16(21)22)9-10-20(12)15-17-8-7-14(18-15)13-5-3-2-4-6-13/h2-8,12H,9-11H2,1H3,(H,21,22). The number of hydrogen-bond acceptors (Lipinski definition) is 4. The Bertz CT molecular complexity index is 662. The van der Waals surface area contributed by atoms with E-state index in [1.165, 1.54) is 4.90 Å². The summed E-state index contributed by atoms with van der Waals surface area (Å²) in [6.45, 7) is 3.53. The summed E-state index contributed by atoms with van der Waals surface area (Å²) in [5, 5.41) is 9.08. The van der Waals surface area contributed by atoms with Crippen molar-refractivity contribution in [2.75, 3.05) is 24.5 Å². The van der Waals surface area contributed by atoms with Crippen LogP contribution in [0, 0.1) is 0 Å². The predicted octanol–water partition coefficient (Wildman–Crippen LogP) is 2.33. The number of benzene rings is 1. The van der Waals surface area contributed by atoms with Crippen molar-refractivity contribution >= 4 is 12.0 Å². The van der Waals surface area contributed by atoms with Crippen LogP contribution in [0.2, 0.25) is 0 Å². The normalized spacial score (nSPS) is 18.3. The van der Waals surface area contributed by atoms with E-state index in [0.717, 1.165) is 11.3 Å². The zero-order valence-electron chi connectivity index (χ0n) is 12.4. The lowest BCUT2D eigenvalue weighted by Crippen LogP contribution is -2.54. The van der Waals surface area contributed by atoms with Crippen molar-refractivity contribution < 1.29 is 9.90 Å². The average molecular weight is 298 g/mol. The van der Waals surface area contributed by atoms with Crippen LogP contribution in [0.25, 0.3) is 11.3 Å². The molecule has 0 saturated carbocycles. The van der Waals surface area contributed by atoms with E-state index < -0.39 is 6.09 Å². The monoisotopic (exact) mass is 298 g/mol. The van der Waals surface area contributed by atoms with Gasteiger partial charge in [-0.15, -0.1) is 0 Å². The van der Waals surface area contributed by atoms with Crippen LogP contribution in [0.1, 0.15) is 6.92 Å². The van der Waals surface area contributed by atoms with E-state index in [1.807, 2.05) is 43.3 Å². The lowest BCUT2D eigenvalue weighted by molar-refractivity contribution is 0.136. The van der Waals surface area contributed by atoms with Crippen molar-refractivity contribution in [1.29, 1.82) is 0 Å². The number of rotatable bonds is 2. The van der Waals surface area contributed by atoms with Crippen LogP contribution in [-0.2, 0) is 0 Å².